The van der Waals surface area contributed by atoms with Crippen LogP contribution >= 0.6 is 11.8 Å². The number of hydrogen-bond donors (Lipinski definition) is 1. The number of amides is 4. The summed E-state index contributed by atoms with van der Waals surface area (Å²) in [6.07, 6.45) is 8.41. The fraction of sp³-hybridized carbons (Fsp3) is 0.362. The predicted molar refractivity (Wildman–Crippen MR) is 224 cm³/mol. The molecule has 8 nitrogen and oxygen atoms in total. The highest BCUT2D eigenvalue weighted by Crippen LogP contribution is 2.36. The van der Waals surface area contributed by atoms with E-state index in [9.17, 15) is 19.2 Å². The molecule has 2 aliphatic rings. The number of carbonyl (C=O) groups excluding carboxylic acids is 4. The molecular weight excluding hydrogens is 719 g/mol. The molecule has 56 heavy (non-hydrogen) atoms. The molecule has 0 saturated carbocycles. The van der Waals surface area contributed by atoms with Gasteiger partial charge in [-0.25, -0.2) is 0 Å². The second-order valence-corrected chi connectivity index (χ2v) is 15.7. The Morgan fingerprint density at radius 1 is 0.804 bits per heavy atom. The number of nitrogens with zero attached hydrogens (tertiary/aromatic N) is 2. The lowest BCUT2D eigenvalue weighted by molar-refractivity contribution is -0.137. The van der Waals surface area contributed by atoms with Crippen LogP contribution in [0.2, 0.25) is 0 Å². The Kier molecular flexibility index (Phi) is 14.6. The zero-order valence-electron chi connectivity index (χ0n) is 32.6. The number of likely N-dealkylation sites (N-methyl/N-ethyl adjacent to an activating group) is 1. The lowest BCUT2D eigenvalue weighted by Crippen LogP contribution is -2.52. The van der Waals surface area contributed by atoms with Crippen LogP contribution in [0.25, 0.3) is 11.1 Å². The Morgan fingerprint density at radius 2 is 1.46 bits per heavy atom. The number of hydrogen-bond acceptors (Lipinski definition) is 6. The van der Waals surface area contributed by atoms with E-state index in [-0.39, 0.29) is 30.0 Å². The normalized spacial score (nSPS) is 15.6. The highest BCUT2D eigenvalue weighted by atomic mass is 32.2. The molecule has 0 bridgehead atoms. The van der Waals surface area contributed by atoms with Crippen molar-refractivity contribution >= 4 is 46.5 Å². The average molecular weight is 772 g/mol. The van der Waals surface area contributed by atoms with Gasteiger partial charge in [-0.05, 0) is 89.1 Å². The molecule has 0 aromatic heterocycles. The third-order valence-corrected chi connectivity index (χ3v) is 11.9. The minimum absolute atomic E-state index is 0.132. The van der Waals surface area contributed by atoms with E-state index in [4.69, 9.17) is 4.74 Å². The van der Waals surface area contributed by atoms with Crippen molar-refractivity contribution in [3.8, 4) is 5.75 Å². The molecule has 1 atom stereocenters. The van der Waals surface area contributed by atoms with E-state index < -0.39 is 6.04 Å². The molecule has 0 radical (unpaired) electrons. The quantitative estimate of drug-likeness (QED) is 0.0442. The number of benzene rings is 4. The van der Waals surface area contributed by atoms with Gasteiger partial charge in [0.1, 0.15) is 18.4 Å². The maximum Gasteiger partial charge on any atom is 0.255 e. The van der Waals surface area contributed by atoms with Gasteiger partial charge in [-0.15, -0.1) is 11.8 Å². The van der Waals surface area contributed by atoms with Crippen LogP contribution in [0, 0.1) is 0 Å². The largest absolute Gasteiger partial charge is 0.492 e. The van der Waals surface area contributed by atoms with Gasteiger partial charge in [-0.2, -0.15) is 0 Å². The fourth-order valence-electron chi connectivity index (χ4n) is 7.58. The number of imide groups is 1. The van der Waals surface area contributed by atoms with Crippen molar-refractivity contribution in [3.05, 3.63) is 131 Å². The zero-order valence-corrected chi connectivity index (χ0v) is 33.5. The summed E-state index contributed by atoms with van der Waals surface area (Å²) in [5.41, 5.74) is 7.73. The van der Waals surface area contributed by atoms with E-state index >= 15 is 0 Å². The van der Waals surface area contributed by atoms with E-state index in [0.717, 1.165) is 72.5 Å². The number of fused-ring (bicyclic) bond motifs is 1. The number of rotatable bonds is 19. The minimum atomic E-state index is -0.595. The Bertz CT molecular complexity index is 2000. The van der Waals surface area contributed by atoms with Crippen molar-refractivity contribution in [3.63, 3.8) is 0 Å². The summed E-state index contributed by atoms with van der Waals surface area (Å²) < 4.78 is 6.07. The maximum absolute atomic E-state index is 13.1. The molecule has 2 heterocycles. The predicted octanol–water partition coefficient (Wildman–Crippen LogP) is 9.18. The summed E-state index contributed by atoms with van der Waals surface area (Å²) in [5, 5.41) is 2.37. The van der Waals surface area contributed by atoms with Crippen LogP contribution in [0.5, 0.6) is 5.75 Å². The van der Waals surface area contributed by atoms with Crippen LogP contribution in [0.1, 0.15) is 104 Å². The molecule has 292 valence electrons. The Hall–Kier alpha value is -5.15. The van der Waals surface area contributed by atoms with Crippen LogP contribution in [-0.4, -0.2) is 65.4 Å². The van der Waals surface area contributed by atoms with Crippen LogP contribution in [0.4, 0.5) is 0 Å². The number of ether oxygens (including phenoxy) is 1. The molecule has 1 fully saturated rings. The number of nitrogens with one attached hydrogen (secondary N) is 1. The third kappa shape index (κ3) is 10.4. The molecule has 2 aliphatic heterocycles. The third-order valence-electron chi connectivity index (χ3n) is 10.7. The number of unbranched alkanes of at least 4 members (excludes halogenated alkanes) is 5. The molecule has 1 unspecified atom stereocenters. The van der Waals surface area contributed by atoms with Crippen LogP contribution < -0.4 is 10.1 Å². The van der Waals surface area contributed by atoms with Crippen molar-refractivity contribution in [1.29, 1.82) is 0 Å². The fourth-order valence-corrected chi connectivity index (χ4v) is 8.67. The van der Waals surface area contributed by atoms with Crippen LogP contribution in [0.3, 0.4) is 0 Å². The van der Waals surface area contributed by atoms with Crippen LogP contribution in [-0.2, 0) is 20.9 Å². The number of allylic oxidation sites excluding steroid dienone is 1. The molecule has 0 spiro atoms. The molecule has 1 N–H and O–H groups in total. The first-order valence-electron chi connectivity index (χ1n) is 20.0. The summed E-state index contributed by atoms with van der Waals surface area (Å²) in [6, 6.07) is 34.6. The molecule has 4 aromatic rings. The molecule has 6 rings (SSSR count). The van der Waals surface area contributed by atoms with Gasteiger partial charge in [0.15, 0.2) is 0 Å². The van der Waals surface area contributed by atoms with E-state index in [0.29, 0.717) is 38.1 Å². The highest BCUT2D eigenvalue weighted by Gasteiger charge is 2.39. The van der Waals surface area contributed by atoms with E-state index in [2.05, 4.69) is 85.0 Å². The van der Waals surface area contributed by atoms with E-state index in [1.807, 2.05) is 37.4 Å². The minimum Gasteiger partial charge on any atom is -0.492 e. The van der Waals surface area contributed by atoms with Crippen molar-refractivity contribution in [2.24, 2.45) is 0 Å². The lowest BCUT2D eigenvalue weighted by Gasteiger charge is -2.29. The van der Waals surface area contributed by atoms with E-state index in [1.54, 1.807) is 21.6 Å². The van der Waals surface area contributed by atoms with Gasteiger partial charge in [-0.1, -0.05) is 111 Å². The lowest BCUT2D eigenvalue weighted by atomic mass is 9.88. The monoisotopic (exact) mass is 771 g/mol. The Balaban J connectivity index is 0.862. The van der Waals surface area contributed by atoms with Gasteiger partial charge in [0.2, 0.25) is 17.7 Å². The van der Waals surface area contributed by atoms with Crippen LogP contribution in [0.15, 0.2) is 108 Å². The summed E-state index contributed by atoms with van der Waals surface area (Å²) in [4.78, 5) is 54.4. The number of carbonyl (C=O) groups is 4. The molecule has 4 aromatic carbocycles. The first kappa shape index (κ1) is 40.5. The van der Waals surface area contributed by atoms with Crippen molar-refractivity contribution in [2.75, 3.05) is 26.0 Å². The average Bonchev–Trinajstić information content (AvgIpc) is 3.56. The maximum atomic E-state index is 13.1. The van der Waals surface area contributed by atoms with Gasteiger partial charge in [-0.3, -0.25) is 24.5 Å². The molecule has 4 amide bonds. The van der Waals surface area contributed by atoms with Crippen molar-refractivity contribution < 1.29 is 23.9 Å². The first-order chi connectivity index (χ1) is 27.3. The number of piperidine rings is 1. The first-order valence-corrected chi connectivity index (χ1v) is 21.0. The van der Waals surface area contributed by atoms with Gasteiger partial charge in [0.25, 0.3) is 5.91 Å². The smallest absolute Gasteiger partial charge is 0.255 e. The summed E-state index contributed by atoms with van der Waals surface area (Å²) in [5.74, 6) is 1.10. The number of thioether (sulfide) groups is 1. The topological polar surface area (TPSA) is 96.0 Å². The molecule has 1 saturated heterocycles. The van der Waals surface area contributed by atoms with Gasteiger partial charge >= 0.3 is 0 Å². The second-order valence-electron chi connectivity index (χ2n) is 14.5. The standard InChI is InChI=1S/C47H53N3O5S/c1-3-38(34-17-10-8-11-18-34)45(35-19-12-9-13-20-35)36-24-26-37(27-25-36)55-31-30-49(2)44(52)23-14-6-4-5-7-15-32-56-42-22-16-21-39-40(42)33-50(47(39)54)41-28-29-43(51)48-46(41)53/h8-13,16-22,24-27,41H,3-7,14-15,23,28-33H2,1-2H3,(H,48,51,53). The molecule has 0 aliphatic carbocycles. The summed E-state index contributed by atoms with van der Waals surface area (Å²) in [6.45, 7) is 3.58. The Morgan fingerprint density at radius 3 is 2.16 bits per heavy atom. The summed E-state index contributed by atoms with van der Waals surface area (Å²) >= 11 is 1.76. The molecular formula is C47H53N3O5S. The van der Waals surface area contributed by atoms with Gasteiger partial charge < -0.3 is 14.5 Å². The SMILES string of the molecule is CCC(=C(c1ccccc1)c1ccc(OCCN(C)C(=O)CCCCCCCCSc2cccc3c2CN(C2CCC(=O)NC2=O)C3=O)cc1)c1ccccc1. The van der Waals surface area contributed by atoms with Gasteiger partial charge in [0.05, 0.1) is 6.54 Å². The van der Waals surface area contributed by atoms with Crippen molar-refractivity contribution in [1.82, 2.24) is 15.1 Å². The summed E-state index contributed by atoms with van der Waals surface area (Å²) in [7, 11) is 1.85. The second kappa shape index (κ2) is 20.1. The highest BCUT2D eigenvalue weighted by molar-refractivity contribution is 7.99. The molecule has 9 heteroatoms. The van der Waals surface area contributed by atoms with Crippen molar-refractivity contribution in [2.45, 2.75) is 88.6 Å². The zero-order chi connectivity index (χ0) is 39.3. The van der Waals surface area contributed by atoms with Gasteiger partial charge in [0, 0.05) is 36.9 Å². The Labute approximate surface area is 335 Å². The van der Waals surface area contributed by atoms with E-state index in [1.165, 1.54) is 22.3 Å².